The van der Waals surface area contributed by atoms with Crippen LogP contribution in [-0.4, -0.2) is 44.5 Å². The van der Waals surface area contributed by atoms with E-state index in [0.717, 1.165) is 19.4 Å². The molecule has 0 aromatic rings. The minimum atomic E-state index is -2.47. The van der Waals surface area contributed by atoms with Crippen molar-refractivity contribution < 1.29 is 23.3 Å². The molecule has 0 bridgehead atoms. The standard InChI is InChI=1S/C28H54O5P/c1-6-8-10-11-12-13-14-15-16-17-18-19-20-21-23-30-24-22-25-31-34(5,26-9-7-2)33-28(29)32-27(3)4/h7,9,26-27H,2,6,8,10-25H2,1,3-5H3/b9-7+. The molecule has 1 atom stereocenters. The van der Waals surface area contributed by atoms with Gasteiger partial charge in [0.2, 0.25) is 0 Å². The van der Waals surface area contributed by atoms with Crippen LogP contribution in [0.4, 0.5) is 4.79 Å². The molecule has 0 aromatic heterocycles. The van der Waals surface area contributed by atoms with Gasteiger partial charge in [-0.05, 0) is 39.4 Å². The number of ether oxygens (including phenoxy) is 2. The minimum absolute atomic E-state index is 0.229. The lowest BCUT2D eigenvalue weighted by atomic mass is 10.0. The largest absolute Gasteiger partial charge is 0.513 e. The second kappa shape index (κ2) is 23.9. The molecule has 0 saturated carbocycles. The Bertz CT molecular complexity index is 545. The normalized spacial score (nSPS) is 13.4. The smallest absolute Gasteiger partial charge is 0.431 e. The summed E-state index contributed by atoms with van der Waals surface area (Å²) in [5.41, 5.74) is 0. The van der Waals surface area contributed by atoms with E-state index >= 15 is 0 Å². The van der Waals surface area contributed by atoms with E-state index < -0.39 is 13.5 Å². The highest BCUT2D eigenvalue weighted by molar-refractivity contribution is 7.65. The number of hydrogen-bond donors (Lipinski definition) is 0. The third kappa shape index (κ3) is 23.0. The molecule has 0 heterocycles. The zero-order valence-electron chi connectivity index (χ0n) is 22.7. The van der Waals surface area contributed by atoms with Gasteiger partial charge in [-0.1, -0.05) is 103 Å². The summed E-state index contributed by atoms with van der Waals surface area (Å²) in [6.45, 7) is 13.2. The van der Waals surface area contributed by atoms with Crippen molar-refractivity contribution in [1.82, 2.24) is 0 Å². The molecule has 201 valence electrons. The van der Waals surface area contributed by atoms with E-state index in [4.69, 9.17) is 18.5 Å². The third-order valence-corrected chi connectivity index (χ3v) is 7.42. The maximum Gasteiger partial charge on any atom is 0.513 e. The van der Waals surface area contributed by atoms with Crippen LogP contribution in [0.15, 0.2) is 12.2 Å². The number of rotatable bonds is 23. The number of allylic oxidation sites excluding steroid dienone is 2. The summed E-state index contributed by atoms with van der Waals surface area (Å²) in [6.07, 6.45) is 22.3. The molecule has 0 spiro atoms. The molecule has 0 rings (SSSR count). The van der Waals surface area contributed by atoms with Crippen molar-refractivity contribution in [3.63, 3.8) is 0 Å². The van der Waals surface area contributed by atoms with Crippen LogP contribution in [0.1, 0.15) is 117 Å². The predicted molar refractivity (Wildman–Crippen MR) is 148 cm³/mol. The lowest BCUT2D eigenvalue weighted by molar-refractivity contribution is 0.0701. The molecule has 0 aliphatic heterocycles. The van der Waals surface area contributed by atoms with E-state index in [1.807, 2.05) is 0 Å². The van der Waals surface area contributed by atoms with Crippen LogP contribution in [-0.2, 0) is 18.5 Å². The molecule has 0 aliphatic carbocycles. The average Bonchev–Trinajstić information content (AvgIpc) is 2.78. The third-order valence-electron chi connectivity index (χ3n) is 5.50. The van der Waals surface area contributed by atoms with E-state index in [2.05, 4.69) is 13.8 Å². The van der Waals surface area contributed by atoms with Gasteiger partial charge in [0.15, 0.2) is 7.34 Å². The van der Waals surface area contributed by atoms with Gasteiger partial charge in [-0.15, -0.1) is 0 Å². The first-order valence-electron chi connectivity index (χ1n) is 13.7. The summed E-state index contributed by atoms with van der Waals surface area (Å²) in [6, 6.07) is 0. The molecule has 1 unspecified atom stereocenters. The van der Waals surface area contributed by atoms with Crippen LogP contribution in [0.25, 0.3) is 0 Å². The minimum Gasteiger partial charge on any atom is -0.431 e. The van der Waals surface area contributed by atoms with Crippen molar-refractivity contribution in [2.24, 2.45) is 0 Å². The molecule has 1 radical (unpaired) electrons. The second-order valence-corrected chi connectivity index (χ2v) is 11.9. The molecule has 34 heavy (non-hydrogen) atoms. The molecule has 0 aromatic carbocycles. The Kier molecular flexibility index (Phi) is 23.4. The molecule has 0 saturated heterocycles. The molecule has 5 nitrogen and oxygen atoms in total. The van der Waals surface area contributed by atoms with Gasteiger partial charge in [0.05, 0.1) is 12.7 Å². The van der Waals surface area contributed by atoms with Crippen molar-refractivity contribution >= 4 is 19.3 Å². The van der Waals surface area contributed by atoms with E-state index in [-0.39, 0.29) is 6.10 Å². The summed E-state index contributed by atoms with van der Waals surface area (Å²) in [5.74, 6) is 1.76. The Morgan fingerprint density at radius 3 is 1.79 bits per heavy atom. The highest BCUT2D eigenvalue weighted by atomic mass is 31.2. The topological polar surface area (TPSA) is 54.0 Å². The summed E-state index contributed by atoms with van der Waals surface area (Å²) in [7, 11) is -2.47. The number of carbonyl (C=O) groups excluding carboxylic acids is 1. The average molecular weight is 502 g/mol. The van der Waals surface area contributed by atoms with E-state index in [0.29, 0.717) is 13.2 Å². The van der Waals surface area contributed by atoms with E-state index in [1.54, 1.807) is 38.5 Å². The highest BCUT2D eigenvalue weighted by Gasteiger charge is 2.19. The van der Waals surface area contributed by atoms with Crippen molar-refractivity contribution in [3.05, 3.63) is 19.1 Å². The van der Waals surface area contributed by atoms with Gasteiger partial charge in [0.1, 0.15) is 0 Å². The SMILES string of the molecule is [CH2]/C=C/C=P(C)(OCCCOCCCCCCCCCCCCCCCC)OC(=O)OC(C)C. The molecular formula is C28H54O5P. The van der Waals surface area contributed by atoms with Crippen LogP contribution in [0.2, 0.25) is 0 Å². The van der Waals surface area contributed by atoms with E-state index in [1.165, 1.54) is 83.5 Å². The van der Waals surface area contributed by atoms with Gasteiger partial charge in [0, 0.05) is 19.9 Å². The fraction of sp³-hybridized carbons (Fsp3) is 0.821. The van der Waals surface area contributed by atoms with Crippen LogP contribution in [0.3, 0.4) is 0 Å². The van der Waals surface area contributed by atoms with Gasteiger partial charge in [-0.3, -0.25) is 0 Å². The zero-order valence-corrected chi connectivity index (χ0v) is 23.6. The van der Waals surface area contributed by atoms with Crippen molar-refractivity contribution in [2.45, 2.75) is 123 Å². The predicted octanol–water partition coefficient (Wildman–Crippen LogP) is 9.12. The molecular weight excluding hydrogens is 447 g/mol. The van der Waals surface area contributed by atoms with Gasteiger partial charge in [-0.2, -0.15) is 0 Å². The zero-order chi connectivity index (χ0) is 25.3. The summed E-state index contributed by atoms with van der Waals surface area (Å²) in [5, 5.41) is 0. The molecule has 6 heteroatoms. The first kappa shape index (κ1) is 33.2. The first-order valence-corrected chi connectivity index (χ1v) is 15.9. The number of hydrogen-bond acceptors (Lipinski definition) is 5. The molecule has 0 aliphatic rings. The van der Waals surface area contributed by atoms with Crippen LogP contribution < -0.4 is 0 Å². The Labute approximate surface area is 211 Å². The molecule has 0 amide bonds. The van der Waals surface area contributed by atoms with Gasteiger partial charge >= 0.3 is 6.16 Å². The maximum atomic E-state index is 11.9. The monoisotopic (exact) mass is 501 g/mol. The van der Waals surface area contributed by atoms with Crippen LogP contribution in [0, 0.1) is 6.92 Å². The Hall–Kier alpha value is -0.770. The lowest BCUT2D eigenvalue weighted by Gasteiger charge is -2.21. The lowest BCUT2D eigenvalue weighted by Crippen LogP contribution is -2.13. The number of carbonyl (C=O) groups is 1. The van der Waals surface area contributed by atoms with E-state index in [9.17, 15) is 4.79 Å². The first-order chi connectivity index (χ1) is 16.4. The summed E-state index contributed by atoms with van der Waals surface area (Å²) >= 11 is 0. The molecule has 0 fully saturated rings. The summed E-state index contributed by atoms with van der Waals surface area (Å²) < 4.78 is 22.1. The van der Waals surface area contributed by atoms with Crippen LogP contribution in [0.5, 0.6) is 0 Å². The maximum absolute atomic E-state index is 11.9. The second-order valence-electron chi connectivity index (χ2n) is 9.39. The van der Waals surface area contributed by atoms with Gasteiger partial charge in [-0.25, -0.2) is 4.79 Å². The highest BCUT2D eigenvalue weighted by Crippen LogP contribution is 2.45. The quantitative estimate of drug-likeness (QED) is 0.0793. The molecule has 0 N–H and O–H groups in total. The van der Waals surface area contributed by atoms with Crippen molar-refractivity contribution in [2.75, 3.05) is 26.5 Å². The Balaban J connectivity index is 3.61. The van der Waals surface area contributed by atoms with Gasteiger partial charge < -0.3 is 18.5 Å². The fourth-order valence-corrected chi connectivity index (χ4v) is 5.05. The van der Waals surface area contributed by atoms with Crippen molar-refractivity contribution in [3.8, 4) is 0 Å². The summed E-state index contributed by atoms with van der Waals surface area (Å²) in [4.78, 5) is 11.9. The fourth-order valence-electron chi connectivity index (χ4n) is 3.59. The van der Waals surface area contributed by atoms with Gasteiger partial charge in [0.25, 0.3) is 0 Å². The van der Waals surface area contributed by atoms with Crippen molar-refractivity contribution in [1.29, 1.82) is 0 Å². The van der Waals surface area contributed by atoms with Crippen LogP contribution >= 0.6 is 7.34 Å². The Morgan fingerprint density at radius 1 is 0.794 bits per heavy atom. The number of unbranched alkanes of at least 4 members (excludes halogenated alkanes) is 13. The Morgan fingerprint density at radius 2 is 1.29 bits per heavy atom.